The van der Waals surface area contributed by atoms with Gasteiger partial charge in [0.25, 0.3) is 0 Å². The molecule has 0 spiro atoms. The van der Waals surface area contributed by atoms with Crippen molar-refractivity contribution in [3.8, 4) is 0 Å². The molecule has 6 nitrogen and oxygen atoms in total. The molecule has 0 radical (unpaired) electrons. The van der Waals surface area contributed by atoms with Crippen LogP contribution < -0.4 is 5.32 Å². The highest BCUT2D eigenvalue weighted by Crippen LogP contribution is 2.21. The zero-order valence-electron chi connectivity index (χ0n) is 18.1. The van der Waals surface area contributed by atoms with Gasteiger partial charge >= 0.3 is 0 Å². The van der Waals surface area contributed by atoms with Gasteiger partial charge < -0.3 is 15.1 Å². The summed E-state index contributed by atoms with van der Waals surface area (Å²) < 4.78 is 0. The van der Waals surface area contributed by atoms with Gasteiger partial charge in [-0.3, -0.25) is 14.7 Å². The van der Waals surface area contributed by atoms with Crippen LogP contribution in [0.1, 0.15) is 38.3 Å². The predicted octanol–water partition coefficient (Wildman–Crippen LogP) is 2.57. The Morgan fingerprint density at radius 1 is 1.07 bits per heavy atom. The molecule has 2 aliphatic rings. The molecule has 162 valence electrons. The molecule has 0 aromatic heterocycles. The minimum absolute atomic E-state index is 0. The fourth-order valence-electron chi connectivity index (χ4n) is 4.18. The average Bonchev–Trinajstić information content (AvgIpc) is 2.73. The smallest absolute Gasteiger partial charge is 0.219 e. The van der Waals surface area contributed by atoms with E-state index in [0.717, 1.165) is 71.2 Å². The molecule has 1 unspecified atom stereocenters. The number of amides is 1. The Kier molecular flexibility index (Phi) is 9.68. The second-order valence-electron chi connectivity index (χ2n) is 7.74. The number of rotatable bonds is 5. The van der Waals surface area contributed by atoms with Gasteiger partial charge in [0.2, 0.25) is 5.91 Å². The largest absolute Gasteiger partial charge is 0.357 e. The van der Waals surface area contributed by atoms with Crippen molar-refractivity contribution in [2.24, 2.45) is 4.99 Å². The third-order valence-corrected chi connectivity index (χ3v) is 5.96. The first kappa shape index (κ1) is 23.9. The van der Waals surface area contributed by atoms with Crippen molar-refractivity contribution in [3.05, 3.63) is 35.4 Å². The first-order chi connectivity index (χ1) is 13.6. The topological polar surface area (TPSA) is 51.2 Å². The van der Waals surface area contributed by atoms with Crippen LogP contribution in [-0.2, 0) is 17.8 Å². The highest BCUT2D eigenvalue weighted by atomic mass is 127. The van der Waals surface area contributed by atoms with Crippen LogP contribution in [0.2, 0.25) is 0 Å². The summed E-state index contributed by atoms with van der Waals surface area (Å²) in [6, 6.07) is 9.27. The number of aliphatic imine (C=N–C) groups is 1. The number of nitrogens with zero attached hydrogens (tertiary/aromatic N) is 4. The molecule has 0 bridgehead atoms. The van der Waals surface area contributed by atoms with Crippen LogP contribution in [0.5, 0.6) is 0 Å². The van der Waals surface area contributed by atoms with Crippen molar-refractivity contribution in [1.29, 1.82) is 0 Å². The van der Waals surface area contributed by atoms with E-state index in [1.54, 1.807) is 6.92 Å². The third kappa shape index (κ3) is 6.31. The zero-order valence-corrected chi connectivity index (χ0v) is 20.4. The summed E-state index contributed by atoms with van der Waals surface area (Å²) in [5, 5.41) is 3.45. The van der Waals surface area contributed by atoms with Crippen molar-refractivity contribution in [1.82, 2.24) is 20.0 Å². The van der Waals surface area contributed by atoms with Crippen LogP contribution >= 0.6 is 24.0 Å². The molecule has 1 aromatic rings. The molecule has 2 aliphatic heterocycles. The normalized spacial score (nSPS) is 18.7. The Balaban J connectivity index is 0.00000300. The quantitative estimate of drug-likeness (QED) is 0.374. The lowest BCUT2D eigenvalue weighted by Crippen LogP contribution is -2.53. The molecule has 1 aromatic carbocycles. The number of carbonyl (C=O) groups is 1. The van der Waals surface area contributed by atoms with Crippen molar-refractivity contribution in [3.63, 3.8) is 0 Å². The van der Waals surface area contributed by atoms with E-state index in [4.69, 9.17) is 4.99 Å². The summed E-state index contributed by atoms with van der Waals surface area (Å²) in [4.78, 5) is 23.4. The van der Waals surface area contributed by atoms with Gasteiger partial charge in [-0.15, -0.1) is 24.0 Å². The van der Waals surface area contributed by atoms with Gasteiger partial charge in [-0.1, -0.05) is 31.2 Å². The van der Waals surface area contributed by atoms with E-state index in [2.05, 4.69) is 53.2 Å². The Bertz CT molecular complexity index is 688. The molecule has 2 heterocycles. The van der Waals surface area contributed by atoms with Crippen molar-refractivity contribution >= 4 is 35.8 Å². The van der Waals surface area contributed by atoms with Gasteiger partial charge in [0.05, 0.1) is 6.54 Å². The van der Waals surface area contributed by atoms with E-state index in [1.165, 1.54) is 11.1 Å². The van der Waals surface area contributed by atoms with Crippen LogP contribution in [0, 0.1) is 0 Å². The number of nitrogens with one attached hydrogen (secondary N) is 1. The number of hydrogen-bond acceptors (Lipinski definition) is 3. The molecule has 1 saturated heterocycles. The van der Waals surface area contributed by atoms with E-state index in [-0.39, 0.29) is 29.9 Å². The van der Waals surface area contributed by atoms with Gasteiger partial charge in [0, 0.05) is 58.8 Å². The first-order valence-electron chi connectivity index (χ1n) is 10.7. The summed E-state index contributed by atoms with van der Waals surface area (Å²) in [6.07, 6.45) is 2.23. The van der Waals surface area contributed by atoms with Crippen LogP contribution in [0.4, 0.5) is 0 Å². The van der Waals surface area contributed by atoms with Gasteiger partial charge in [0.1, 0.15) is 0 Å². The third-order valence-electron chi connectivity index (χ3n) is 5.96. The van der Waals surface area contributed by atoms with Crippen LogP contribution in [0.15, 0.2) is 29.3 Å². The molecule has 0 saturated carbocycles. The maximum absolute atomic E-state index is 11.6. The molecule has 29 heavy (non-hydrogen) atoms. The summed E-state index contributed by atoms with van der Waals surface area (Å²) in [5.74, 6) is 1.15. The standard InChI is InChI=1S/C22H35N5O.HI/c1-4-21(27-11-10-19-8-6-7-9-20(19)17-27)16-24-22(23-5-2)26-14-12-25(13-15-26)18(3)28;/h6-9,21H,4-5,10-17H2,1-3H3,(H,23,24);1H. The molecule has 1 atom stereocenters. The van der Waals surface area contributed by atoms with Crippen molar-refractivity contribution in [2.75, 3.05) is 45.8 Å². The van der Waals surface area contributed by atoms with Gasteiger partial charge in [0.15, 0.2) is 5.96 Å². The molecule has 1 amide bonds. The minimum atomic E-state index is 0. The number of benzene rings is 1. The zero-order chi connectivity index (χ0) is 19.9. The maximum Gasteiger partial charge on any atom is 0.219 e. The molecule has 1 fully saturated rings. The molecule has 1 N–H and O–H groups in total. The van der Waals surface area contributed by atoms with Crippen molar-refractivity contribution < 1.29 is 4.79 Å². The van der Waals surface area contributed by atoms with E-state index in [0.29, 0.717) is 6.04 Å². The average molecular weight is 513 g/mol. The summed E-state index contributed by atoms with van der Waals surface area (Å²) in [6.45, 7) is 13.1. The number of hydrogen-bond donors (Lipinski definition) is 1. The second-order valence-corrected chi connectivity index (χ2v) is 7.74. The Labute approximate surface area is 192 Å². The van der Waals surface area contributed by atoms with Crippen LogP contribution in [-0.4, -0.2) is 78.4 Å². The molecule has 3 rings (SSSR count). The summed E-state index contributed by atoms with van der Waals surface area (Å²) in [5.41, 5.74) is 2.96. The molecular formula is C22H36IN5O. The molecule has 0 aliphatic carbocycles. The SMILES string of the molecule is CCNC(=NCC(CC)N1CCc2ccccc2C1)N1CCN(C(C)=O)CC1.I. The highest BCUT2D eigenvalue weighted by molar-refractivity contribution is 14.0. The first-order valence-corrected chi connectivity index (χ1v) is 10.7. The van der Waals surface area contributed by atoms with E-state index in [9.17, 15) is 4.79 Å². The molecule has 7 heteroatoms. The van der Waals surface area contributed by atoms with Crippen LogP contribution in [0.3, 0.4) is 0 Å². The minimum Gasteiger partial charge on any atom is -0.357 e. The molecular weight excluding hydrogens is 477 g/mol. The number of piperazine rings is 1. The summed E-state index contributed by atoms with van der Waals surface area (Å²) >= 11 is 0. The number of guanidine groups is 1. The van der Waals surface area contributed by atoms with E-state index >= 15 is 0 Å². The summed E-state index contributed by atoms with van der Waals surface area (Å²) in [7, 11) is 0. The fourth-order valence-corrected chi connectivity index (χ4v) is 4.18. The van der Waals surface area contributed by atoms with Crippen LogP contribution in [0.25, 0.3) is 0 Å². The lowest BCUT2D eigenvalue weighted by Gasteiger charge is -2.37. The number of halogens is 1. The second kappa shape index (κ2) is 11.7. The Morgan fingerprint density at radius 2 is 1.72 bits per heavy atom. The monoisotopic (exact) mass is 513 g/mol. The predicted molar refractivity (Wildman–Crippen MR) is 130 cm³/mol. The van der Waals surface area contributed by atoms with E-state index < -0.39 is 0 Å². The fraction of sp³-hybridized carbons (Fsp3) is 0.636. The lowest BCUT2D eigenvalue weighted by molar-refractivity contribution is -0.130. The number of carbonyl (C=O) groups excluding carboxylic acids is 1. The Morgan fingerprint density at radius 3 is 2.34 bits per heavy atom. The van der Waals surface area contributed by atoms with Gasteiger partial charge in [-0.25, -0.2) is 0 Å². The number of fused-ring (bicyclic) bond motifs is 1. The lowest BCUT2D eigenvalue weighted by atomic mass is 9.98. The Hall–Kier alpha value is -1.35. The van der Waals surface area contributed by atoms with Crippen molar-refractivity contribution in [2.45, 2.75) is 46.2 Å². The van der Waals surface area contributed by atoms with E-state index in [1.807, 2.05) is 4.90 Å². The van der Waals surface area contributed by atoms with Gasteiger partial charge in [-0.2, -0.15) is 0 Å². The maximum atomic E-state index is 11.6. The highest BCUT2D eigenvalue weighted by Gasteiger charge is 2.24. The van der Waals surface area contributed by atoms with Gasteiger partial charge in [-0.05, 0) is 30.9 Å².